The van der Waals surface area contributed by atoms with Crippen LogP contribution in [0, 0.1) is 6.92 Å². The van der Waals surface area contributed by atoms with Gasteiger partial charge in [0, 0.05) is 11.3 Å². The second-order valence-electron chi connectivity index (χ2n) is 3.68. The van der Waals surface area contributed by atoms with Crippen LogP contribution < -0.4 is 5.73 Å². The standard InChI is InChI=1S/C12H12ClNO2/c1-7-2-3-8(9(14)6-7)12(15)10-4-5-11(13)16-10/h2-6,12,15H,14H2,1H3. The average molecular weight is 238 g/mol. The Morgan fingerprint density at radius 2 is 2.06 bits per heavy atom. The first kappa shape index (κ1) is 11.0. The quantitative estimate of drug-likeness (QED) is 0.790. The molecule has 1 heterocycles. The van der Waals surface area contributed by atoms with Gasteiger partial charge in [0.2, 0.25) is 0 Å². The molecule has 1 unspecified atom stereocenters. The Kier molecular flexibility index (Phi) is 2.90. The van der Waals surface area contributed by atoms with E-state index in [-0.39, 0.29) is 5.22 Å². The van der Waals surface area contributed by atoms with Gasteiger partial charge in [-0.25, -0.2) is 0 Å². The van der Waals surface area contributed by atoms with Gasteiger partial charge in [0.1, 0.15) is 11.9 Å². The first-order chi connectivity index (χ1) is 7.58. The number of hydrogen-bond donors (Lipinski definition) is 2. The van der Waals surface area contributed by atoms with Crippen LogP contribution in [0.3, 0.4) is 0 Å². The Balaban J connectivity index is 2.37. The van der Waals surface area contributed by atoms with Crippen LogP contribution in [0.4, 0.5) is 5.69 Å². The van der Waals surface area contributed by atoms with Crippen molar-refractivity contribution in [2.75, 3.05) is 5.73 Å². The third-order valence-corrected chi connectivity index (χ3v) is 2.60. The number of nitrogens with two attached hydrogens (primary N) is 1. The number of aliphatic hydroxyl groups is 1. The van der Waals surface area contributed by atoms with Gasteiger partial charge in [-0.05, 0) is 42.3 Å². The maximum atomic E-state index is 10.0. The molecule has 3 nitrogen and oxygen atoms in total. The Labute approximate surface area is 98.5 Å². The minimum atomic E-state index is -0.881. The van der Waals surface area contributed by atoms with Gasteiger partial charge < -0.3 is 15.3 Å². The number of benzene rings is 1. The van der Waals surface area contributed by atoms with E-state index < -0.39 is 6.10 Å². The summed E-state index contributed by atoms with van der Waals surface area (Å²) in [6, 6.07) is 8.70. The first-order valence-corrected chi connectivity index (χ1v) is 5.25. The Hall–Kier alpha value is -1.45. The summed E-state index contributed by atoms with van der Waals surface area (Å²) in [5, 5.41) is 10.3. The zero-order valence-corrected chi connectivity index (χ0v) is 9.53. The lowest BCUT2D eigenvalue weighted by molar-refractivity contribution is 0.190. The Morgan fingerprint density at radius 3 is 2.62 bits per heavy atom. The van der Waals surface area contributed by atoms with E-state index in [0.717, 1.165) is 5.56 Å². The van der Waals surface area contributed by atoms with Crippen LogP contribution in [0.1, 0.15) is 23.0 Å². The van der Waals surface area contributed by atoms with E-state index in [4.69, 9.17) is 21.8 Å². The predicted octanol–water partition coefficient (Wildman–Crippen LogP) is 2.91. The molecule has 16 heavy (non-hydrogen) atoms. The first-order valence-electron chi connectivity index (χ1n) is 4.87. The summed E-state index contributed by atoms with van der Waals surface area (Å²) in [6.45, 7) is 1.94. The number of rotatable bonds is 2. The number of nitrogen functional groups attached to an aromatic ring is 1. The lowest BCUT2D eigenvalue weighted by Gasteiger charge is -2.11. The summed E-state index contributed by atoms with van der Waals surface area (Å²) in [7, 11) is 0. The van der Waals surface area contributed by atoms with Crippen molar-refractivity contribution in [1.82, 2.24) is 0 Å². The SMILES string of the molecule is Cc1ccc(C(O)c2ccc(Cl)o2)c(N)c1. The lowest BCUT2D eigenvalue weighted by atomic mass is 10.0. The van der Waals surface area contributed by atoms with E-state index in [2.05, 4.69) is 0 Å². The van der Waals surface area contributed by atoms with Gasteiger partial charge in [-0.3, -0.25) is 0 Å². The molecule has 0 spiro atoms. The third kappa shape index (κ3) is 2.05. The van der Waals surface area contributed by atoms with Gasteiger partial charge in [0.25, 0.3) is 0 Å². The summed E-state index contributed by atoms with van der Waals surface area (Å²) in [5.74, 6) is 0.389. The normalized spacial score (nSPS) is 12.7. The van der Waals surface area contributed by atoms with Crippen molar-refractivity contribution in [3.05, 3.63) is 52.4 Å². The van der Waals surface area contributed by atoms with Crippen molar-refractivity contribution in [2.24, 2.45) is 0 Å². The summed E-state index contributed by atoms with van der Waals surface area (Å²) >= 11 is 5.65. The van der Waals surface area contributed by atoms with E-state index >= 15 is 0 Å². The van der Waals surface area contributed by atoms with Crippen LogP contribution in [0.15, 0.2) is 34.7 Å². The fourth-order valence-corrected chi connectivity index (χ4v) is 1.72. The lowest BCUT2D eigenvalue weighted by Crippen LogP contribution is -2.02. The fraction of sp³-hybridized carbons (Fsp3) is 0.167. The second kappa shape index (κ2) is 4.20. The molecule has 1 aromatic heterocycles. The van der Waals surface area contributed by atoms with Crippen LogP contribution in [-0.4, -0.2) is 5.11 Å². The third-order valence-electron chi connectivity index (χ3n) is 2.40. The molecule has 0 aliphatic carbocycles. The molecule has 0 aliphatic rings. The number of aliphatic hydroxyl groups excluding tert-OH is 1. The molecule has 3 N–H and O–H groups in total. The molecule has 0 saturated carbocycles. The van der Waals surface area contributed by atoms with Crippen LogP contribution >= 0.6 is 11.6 Å². The topological polar surface area (TPSA) is 59.4 Å². The molecule has 84 valence electrons. The van der Waals surface area contributed by atoms with Crippen molar-refractivity contribution < 1.29 is 9.52 Å². The van der Waals surface area contributed by atoms with Crippen LogP contribution in [-0.2, 0) is 0 Å². The molecule has 4 heteroatoms. The summed E-state index contributed by atoms with van der Waals surface area (Å²) in [4.78, 5) is 0. The Morgan fingerprint density at radius 1 is 1.31 bits per heavy atom. The number of aryl methyl sites for hydroxylation is 1. The molecule has 0 amide bonds. The molecule has 0 radical (unpaired) electrons. The number of hydrogen-bond acceptors (Lipinski definition) is 3. The molecule has 0 bridgehead atoms. The van der Waals surface area contributed by atoms with E-state index in [1.165, 1.54) is 0 Å². The minimum absolute atomic E-state index is 0.250. The minimum Gasteiger partial charge on any atom is -0.447 e. The molecule has 0 fully saturated rings. The van der Waals surface area contributed by atoms with Gasteiger partial charge in [-0.1, -0.05) is 12.1 Å². The highest BCUT2D eigenvalue weighted by Crippen LogP contribution is 2.29. The zero-order chi connectivity index (χ0) is 11.7. The van der Waals surface area contributed by atoms with Gasteiger partial charge in [0.15, 0.2) is 5.22 Å². The van der Waals surface area contributed by atoms with Gasteiger partial charge in [0.05, 0.1) is 0 Å². The number of halogens is 1. The van der Waals surface area contributed by atoms with E-state index in [1.54, 1.807) is 18.2 Å². The highest BCUT2D eigenvalue weighted by Gasteiger charge is 2.16. The van der Waals surface area contributed by atoms with Crippen LogP contribution in [0.25, 0.3) is 0 Å². The molecule has 1 aromatic carbocycles. The highest BCUT2D eigenvalue weighted by molar-refractivity contribution is 6.28. The molecule has 2 rings (SSSR count). The van der Waals surface area contributed by atoms with Crippen molar-refractivity contribution in [2.45, 2.75) is 13.0 Å². The summed E-state index contributed by atoms with van der Waals surface area (Å²) in [6.07, 6.45) is -0.881. The number of anilines is 1. The highest BCUT2D eigenvalue weighted by atomic mass is 35.5. The van der Waals surface area contributed by atoms with Crippen molar-refractivity contribution in [3.8, 4) is 0 Å². The van der Waals surface area contributed by atoms with Crippen molar-refractivity contribution in [3.63, 3.8) is 0 Å². The molecule has 0 aliphatic heterocycles. The maximum Gasteiger partial charge on any atom is 0.193 e. The largest absolute Gasteiger partial charge is 0.447 e. The summed E-state index contributed by atoms with van der Waals surface area (Å²) in [5.41, 5.74) is 8.04. The van der Waals surface area contributed by atoms with Gasteiger partial charge in [-0.2, -0.15) is 0 Å². The van der Waals surface area contributed by atoms with Gasteiger partial charge >= 0.3 is 0 Å². The van der Waals surface area contributed by atoms with E-state index in [0.29, 0.717) is 17.0 Å². The monoisotopic (exact) mass is 237 g/mol. The fourth-order valence-electron chi connectivity index (χ4n) is 1.57. The average Bonchev–Trinajstić information content (AvgIpc) is 2.64. The maximum absolute atomic E-state index is 10.0. The molecule has 2 aromatic rings. The Bertz CT molecular complexity index is 507. The van der Waals surface area contributed by atoms with Gasteiger partial charge in [-0.15, -0.1) is 0 Å². The predicted molar refractivity (Wildman–Crippen MR) is 63.4 cm³/mol. The van der Waals surface area contributed by atoms with E-state index in [9.17, 15) is 5.11 Å². The zero-order valence-electron chi connectivity index (χ0n) is 8.77. The molecule has 1 atom stereocenters. The second-order valence-corrected chi connectivity index (χ2v) is 4.05. The van der Waals surface area contributed by atoms with Crippen molar-refractivity contribution in [1.29, 1.82) is 0 Å². The molecular weight excluding hydrogens is 226 g/mol. The summed E-state index contributed by atoms with van der Waals surface area (Å²) < 4.78 is 5.14. The molecule has 0 saturated heterocycles. The smallest absolute Gasteiger partial charge is 0.193 e. The van der Waals surface area contributed by atoms with Crippen LogP contribution in [0.2, 0.25) is 5.22 Å². The van der Waals surface area contributed by atoms with Crippen LogP contribution in [0.5, 0.6) is 0 Å². The van der Waals surface area contributed by atoms with E-state index in [1.807, 2.05) is 19.1 Å². The molecular formula is C12H12ClNO2. The van der Waals surface area contributed by atoms with Crippen molar-refractivity contribution >= 4 is 17.3 Å². The number of furan rings is 1.